The number of esters is 1. The number of amidine groups is 1. The molecule has 32 heavy (non-hydrogen) atoms. The Morgan fingerprint density at radius 2 is 1.97 bits per heavy atom. The van der Waals surface area contributed by atoms with E-state index in [1.165, 1.54) is 11.8 Å². The molecule has 0 bridgehead atoms. The van der Waals surface area contributed by atoms with E-state index in [0.29, 0.717) is 22.9 Å². The first-order valence-electron chi connectivity index (χ1n) is 10.6. The molecule has 1 atom stereocenters. The van der Waals surface area contributed by atoms with Gasteiger partial charge in [0.2, 0.25) is 5.91 Å². The van der Waals surface area contributed by atoms with Crippen molar-refractivity contribution in [3.05, 3.63) is 57.2 Å². The fourth-order valence-corrected chi connectivity index (χ4v) is 5.35. The Morgan fingerprint density at radius 3 is 2.69 bits per heavy atom. The second kappa shape index (κ2) is 10.1. The Morgan fingerprint density at radius 1 is 1.22 bits per heavy atom. The summed E-state index contributed by atoms with van der Waals surface area (Å²) in [5, 5.41) is 3.21. The lowest BCUT2D eigenvalue weighted by Crippen LogP contribution is -2.38. The lowest BCUT2D eigenvalue weighted by atomic mass is 9.93. The highest BCUT2D eigenvalue weighted by Crippen LogP contribution is 2.46. The van der Waals surface area contributed by atoms with Crippen molar-refractivity contribution in [2.75, 3.05) is 33.4 Å². The van der Waals surface area contributed by atoms with Crippen LogP contribution in [0, 0.1) is 0 Å². The fourth-order valence-electron chi connectivity index (χ4n) is 4.15. The first-order valence-corrected chi connectivity index (χ1v) is 11.9. The minimum atomic E-state index is -0.529. The van der Waals surface area contributed by atoms with Crippen LogP contribution >= 0.6 is 23.4 Å². The summed E-state index contributed by atoms with van der Waals surface area (Å²) in [6.07, 6.45) is 2.33. The van der Waals surface area contributed by atoms with Gasteiger partial charge in [0.05, 0.1) is 30.3 Å². The van der Waals surface area contributed by atoms with Crippen LogP contribution in [0.15, 0.2) is 51.6 Å². The van der Waals surface area contributed by atoms with Crippen LogP contribution in [0.1, 0.15) is 37.8 Å². The lowest BCUT2D eigenvalue weighted by molar-refractivity contribution is -0.141. The van der Waals surface area contributed by atoms with Crippen molar-refractivity contribution in [1.29, 1.82) is 0 Å². The molecular weight excluding hydrogens is 450 g/mol. The van der Waals surface area contributed by atoms with Gasteiger partial charge in [-0.05, 0) is 36.8 Å². The van der Waals surface area contributed by atoms with Crippen LogP contribution in [-0.2, 0) is 19.1 Å². The molecule has 1 aromatic rings. The number of methoxy groups -OCH3 is 1. The van der Waals surface area contributed by atoms with Gasteiger partial charge >= 0.3 is 5.97 Å². The van der Waals surface area contributed by atoms with E-state index in [-0.39, 0.29) is 18.9 Å². The number of carbonyl (C=O) groups is 2. The number of amides is 1. The van der Waals surface area contributed by atoms with Gasteiger partial charge in [-0.1, -0.05) is 41.6 Å². The molecule has 4 rings (SSSR count). The molecular formula is C23H26ClN3O4S. The Bertz CT molecular complexity index is 1000. The quantitative estimate of drug-likeness (QED) is 0.436. The molecule has 0 saturated carbocycles. The number of thioether (sulfide) groups is 1. The first kappa shape index (κ1) is 22.9. The number of aliphatic imine (C=N–C) groups is 1. The van der Waals surface area contributed by atoms with Crippen molar-refractivity contribution in [2.24, 2.45) is 4.99 Å². The number of nitrogens with zero attached hydrogens (tertiary/aromatic N) is 3. The Balaban J connectivity index is 1.69. The highest BCUT2D eigenvalue weighted by molar-refractivity contribution is 8.16. The first-order chi connectivity index (χ1) is 15.5. The van der Waals surface area contributed by atoms with Crippen LogP contribution in [-0.4, -0.2) is 60.3 Å². The van der Waals surface area contributed by atoms with Crippen molar-refractivity contribution < 1.29 is 19.1 Å². The van der Waals surface area contributed by atoms with Gasteiger partial charge in [-0.25, -0.2) is 9.79 Å². The van der Waals surface area contributed by atoms with Gasteiger partial charge in [0.15, 0.2) is 5.17 Å². The topological polar surface area (TPSA) is 71.4 Å². The number of carbonyl (C=O) groups excluding carboxylic acids is 2. The van der Waals surface area contributed by atoms with Gasteiger partial charge in [-0.15, -0.1) is 0 Å². The molecule has 3 aliphatic heterocycles. The maximum atomic E-state index is 13.1. The molecule has 0 N–H and O–H groups in total. The van der Waals surface area contributed by atoms with E-state index in [9.17, 15) is 9.59 Å². The predicted molar refractivity (Wildman–Crippen MR) is 125 cm³/mol. The third-order valence-electron chi connectivity index (χ3n) is 5.73. The molecule has 1 aromatic carbocycles. The van der Waals surface area contributed by atoms with Gasteiger partial charge in [0.25, 0.3) is 0 Å². The molecule has 0 aliphatic carbocycles. The number of hydrogen-bond donors (Lipinski definition) is 0. The van der Waals surface area contributed by atoms with Crippen LogP contribution in [0.2, 0.25) is 5.02 Å². The molecule has 3 aliphatic rings. The zero-order valence-corrected chi connectivity index (χ0v) is 19.7. The summed E-state index contributed by atoms with van der Waals surface area (Å²) >= 11 is 8.04. The summed E-state index contributed by atoms with van der Waals surface area (Å²) in [5.41, 5.74) is 2.57. The van der Waals surface area contributed by atoms with E-state index in [0.717, 1.165) is 42.4 Å². The molecule has 170 valence electrons. The SMILES string of the molecule is COCCOC(=O)C1=C(C)N=C2SC=C(CC(=O)N3CCCC3)N2[C@H]1c1ccccc1Cl. The third-order valence-corrected chi connectivity index (χ3v) is 6.97. The van der Waals surface area contributed by atoms with Gasteiger partial charge in [-0.3, -0.25) is 4.79 Å². The number of fused-ring (bicyclic) bond motifs is 1. The summed E-state index contributed by atoms with van der Waals surface area (Å²) in [7, 11) is 1.55. The molecule has 7 nitrogen and oxygen atoms in total. The van der Waals surface area contributed by atoms with Gasteiger partial charge in [-0.2, -0.15) is 0 Å². The molecule has 0 aromatic heterocycles. The molecule has 3 heterocycles. The number of hydrogen-bond acceptors (Lipinski definition) is 7. The monoisotopic (exact) mass is 475 g/mol. The van der Waals surface area contributed by atoms with E-state index < -0.39 is 12.0 Å². The van der Waals surface area contributed by atoms with E-state index in [1.54, 1.807) is 20.1 Å². The van der Waals surface area contributed by atoms with E-state index in [1.807, 2.05) is 33.4 Å². The highest BCUT2D eigenvalue weighted by atomic mass is 35.5. The molecule has 1 saturated heterocycles. The largest absolute Gasteiger partial charge is 0.460 e. The Hall–Kier alpha value is -2.29. The number of allylic oxidation sites excluding steroid dienone is 1. The van der Waals surface area contributed by atoms with Crippen LogP contribution in [0.25, 0.3) is 0 Å². The zero-order valence-electron chi connectivity index (χ0n) is 18.2. The van der Waals surface area contributed by atoms with Crippen LogP contribution < -0.4 is 0 Å². The second-order valence-corrected chi connectivity index (χ2v) is 9.05. The minimum absolute atomic E-state index is 0.0870. The Kier molecular flexibility index (Phi) is 7.23. The smallest absolute Gasteiger partial charge is 0.338 e. The van der Waals surface area contributed by atoms with Crippen molar-refractivity contribution >= 4 is 40.4 Å². The van der Waals surface area contributed by atoms with Gasteiger partial charge < -0.3 is 19.3 Å². The van der Waals surface area contributed by atoms with Crippen molar-refractivity contribution in [3.63, 3.8) is 0 Å². The molecule has 0 spiro atoms. The van der Waals surface area contributed by atoms with Crippen LogP contribution in [0.3, 0.4) is 0 Å². The van der Waals surface area contributed by atoms with E-state index in [4.69, 9.17) is 21.1 Å². The minimum Gasteiger partial charge on any atom is -0.460 e. The van der Waals surface area contributed by atoms with Gasteiger partial charge in [0, 0.05) is 30.9 Å². The fraction of sp³-hybridized carbons (Fsp3) is 0.435. The molecule has 1 fully saturated rings. The van der Waals surface area contributed by atoms with Crippen molar-refractivity contribution in [1.82, 2.24) is 9.80 Å². The summed E-state index contributed by atoms with van der Waals surface area (Å²) in [5.74, 6) is -0.376. The average Bonchev–Trinajstić information content (AvgIpc) is 3.44. The number of likely N-dealkylation sites (tertiary alicyclic amines) is 1. The predicted octanol–water partition coefficient (Wildman–Crippen LogP) is 4.12. The summed E-state index contributed by atoms with van der Waals surface area (Å²) in [6.45, 7) is 3.84. The zero-order chi connectivity index (χ0) is 22.7. The van der Waals surface area contributed by atoms with E-state index in [2.05, 4.69) is 4.99 Å². The van der Waals surface area contributed by atoms with Crippen molar-refractivity contribution in [3.8, 4) is 0 Å². The molecule has 9 heteroatoms. The number of halogens is 1. The maximum Gasteiger partial charge on any atom is 0.338 e. The van der Waals surface area contributed by atoms with Crippen LogP contribution in [0.5, 0.6) is 0 Å². The second-order valence-electron chi connectivity index (χ2n) is 7.81. The summed E-state index contributed by atoms with van der Waals surface area (Å²) < 4.78 is 10.5. The van der Waals surface area contributed by atoms with E-state index >= 15 is 0 Å². The molecule has 1 amide bonds. The van der Waals surface area contributed by atoms with Crippen molar-refractivity contribution in [2.45, 2.75) is 32.2 Å². The molecule has 0 unspecified atom stereocenters. The third kappa shape index (κ3) is 4.58. The summed E-state index contributed by atoms with van der Waals surface area (Å²) in [4.78, 5) is 34.6. The number of benzene rings is 1. The molecule has 0 radical (unpaired) electrons. The average molecular weight is 476 g/mol. The number of rotatable bonds is 7. The summed E-state index contributed by atoms with van der Waals surface area (Å²) in [6, 6.07) is 6.90. The number of ether oxygens (including phenoxy) is 2. The normalized spacial score (nSPS) is 20.3. The highest BCUT2D eigenvalue weighted by Gasteiger charge is 2.42. The van der Waals surface area contributed by atoms with Gasteiger partial charge in [0.1, 0.15) is 6.61 Å². The Labute approximate surface area is 197 Å². The maximum absolute atomic E-state index is 13.1. The standard InChI is InChI=1S/C23H26ClN3O4S/c1-15-20(22(29)31-12-11-30-2)21(17-7-3-4-8-18(17)24)27-16(14-32-23(27)25-15)13-19(28)26-9-5-6-10-26/h3-4,7-8,14,21H,5-6,9-13H2,1-2H3/t21-/m0/s1. The van der Waals surface area contributed by atoms with Crippen LogP contribution in [0.4, 0.5) is 0 Å². The lowest BCUT2D eigenvalue weighted by Gasteiger charge is -2.36.